The number of hydrogen-bond donors (Lipinski definition) is 1. The predicted octanol–water partition coefficient (Wildman–Crippen LogP) is 1.97. The Balaban J connectivity index is 2.00. The number of aliphatic hydroxyl groups is 1. The van der Waals surface area contributed by atoms with Crippen LogP contribution in [0, 0.1) is 20.8 Å². The van der Waals surface area contributed by atoms with E-state index in [2.05, 4.69) is 12.1 Å². The molecule has 1 aliphatic rings. The Morgan fingerprint density at radius 2 is 2.00 bits per heavy atom. The van der Waals surface area contributed by atoms with Crippen LogP contribution in [-0.2, 0) is 4.79 Å². The van der Waals surface area contributed by atoms with E-state index in [1.54, 1.807) is 4.90 Å². The number of aliphatic hydroxyl groups excluding tert-OH is 1. The number of likely N-dealkylation sites (tertiary alicyclic amines) is 1. The molecule has 0 bridgehead atoms. The van der Waals surface area contributed by atoms with E-state index >= 15 is 0 Å². The standard InChI is InChI=1S/C16H23NO3/c1-11-7-12(2)16(13(3)8-11)20-10-15(19)17-6-4-5-14(17)9-18/h7-8,14,18H,4-6,9-10H2,1-3H3/t14-/m1/s1. The molecule has 1 saturated heterocycles. The van der Waals surface area contributed by atoms with Crippen molar-refractivity contribution in [2.75, 3.05) is 19.8 Å². The van der Waals surface area contributed by atoms with Crippen LogP contribution in [-0.4, -0.2) is 41.7 Å². The third-order valence-electron chi connectivity index (χ3n) is 3.85. The van der Waals surface area contributed by atoms with Gasteiger partial charge in [0.1, 0.15) is 5.75 Å². The van der Waals surface area contributed by atoms with Gasteiger partial charge in [-0.15, -0.1) is 0 Å². The summed E-state index contributed by atoms with van der Waals surface area (Å²) in [5.74, 6) is 0.754. The number of amides is 1. The van der Waals surface area contributed by atoms with Gasteiger partial charge in [-0.2, -0.15) is 0 Å². The molecule has 1 aliphatic heterocycles. The van der Waals surface area contributed by atoms with E-state index in [0.717, 1.165) is 36.3 Å². The number of hydrogen-bond acceptors (Lipinski definition) is 3. The lowest BCUT2D eigenvalue weighted by Crippen LogP contribution is -2.40. The minimum Gasteiger partial charge on any atom is -0.483 e. The Bertz CT molecular complexity index is 475. The first-order chi connectivity index (χ1) is 9.52. The van der Waals surface area contributed by atoms with Crippen LogP contribution in [0.4, 0.5) is 0 Å². The maximum atomic E-state index is 12.2. The molecule has 1 amide bonds. The fourth-order valence-electron chi connectivity index (χ4n) is 2.97. The molecule has 0 unspecified atom stereocenters. The van der Waals surface area contributed by atoms with Gasteiger partial charge >= 0.3 is 0 Å². The van der Waals surface area contributed by atoms with Gasteiger partial charge in [0.15, 0.2) is 6.61 Å². The highest BCUT2D eigenvalue weighted by Gasteiger charge is 2.28. The third kappa shape index (κ3) is 3.12. The smallest absolute Gasteiger partial charge is 0.260 e. The molecular formula is C16H23NO3. The molecule has 0 spiro atoms. The molecule has 2 rings (SSSR count). The second-order valence-corrected chi connectivity index (χ2v) is 5.58. The molecule has 0 radical (unpaired) electrons. The zero-order valence-electron chi connectivity index (χ0n) is 12.5. The molecule has 0 saturated carbocycles. The molecule has 0 aromatic heterocycles. The molecule has 110 valence electrons. The van der Waals surface area contributed by atoms with Crippen molar-refractivity contribution in [1.29, 1.82) is 0 Å². The lowest BCUT2D eigenvalue weighted by molar-refractivity contribution is -0.134. The molecule has 0 aliphatic carbocycles. The van der Waals surface area contributed by atoms with Crippen LogP contribution in [0.5, 0.6) is 5.75 Å². The van der Waals surface area contributed by atoms with E-state index in [1.807, 2.05) is 20.8 Å². The minimum absolute atomic E-state index is 0.0358. The number of rotatable bonds is 4. The third-order valence-corrected chi connectivity index (χ3v) is 3.85. The number of nitrogens with zero attached hydrogens (tertiary/aromatic N) is 1. The van der Waals surface area contributed by atoms with Crippen LogP contribution in [0.15, 0.2) is 12.1 Å². The average Bonchev–Trinajstić information content (AvgIpc) is 2.85. The summed E-state index contributed by atoms with van der Waals surface area (Å²) in [6.07, 6.45) is 1.84. The zero-order chi connectivity index (χ0) is 14.7. The topological polar surface area (TPSA) is 49.8 Å². The van der Waals surface area contributed by atoms with Crippen molar-refractivity contribution in [2.45, 2.75) is 39.7 Å². The van der Waals surface area contributed by atoms with E-state index in [0.29, 0.717) is 0 Å². The van der Waals surface area contributed by atoms with Crippen molar-refractivity contribution in [1.82, 2.24) is 4.90 Å². The van der Waals surface area contributed by atoms with E-state index in [-0.39, 0.29) is 25.2 Å². The number of carbonyl (C=O) groups excluding carboxylic acids is 1. The molecule has 1 heterocycles. The summed E-state index contributed by atoms with van der Waals surface area (Å²) < 4.78 is 5.72. The Kier molecular flexibility index (Phi) is 4.65. The average molecular weight is 277 g/mol. The van der Waals surface area contributed by atoms with Gasteiger partial charge in [-0.25, -0.2) is 0 Å². The second-order valence-electron chi connectivity index (χ2n) is 5.58. The Labute approximate surface area is 120 Å². The quantitative estimate of drug-likeness (QED) is 0.915. The Hall–Kier alpha value is -1.55. The summed E-state index contributed by atoms with van der Waals surface area (Å²) in [4.78, 5) is 13.9. The number of aryl methyl sites for hydroxylation is 3. The van der Waals surface area contributed by atoms with Crippen molar-refractivity contribution in [3.8, 4) is 5.75 Å². The van der Waals surface area contributed by atoms with Gasteiger partial charge in [0.25, 0.3) is 5.91 Å². The molecule has 4 heteroatoms. The molecule has 1 aromatic carbocycles. The number of carbonyl (C=O) groups is 1. The van der Waals surface area contributed by atoms with E-state index in [1.165, 1.54) is 5.56 Å². The molecule has 1 aromatic rings. The van der Waals surface area contributed by atoms with Crippen molar-refractivity contribution >= 4 is 5.91 Å². The summed E-state index contributed by atoms with van der Waals surface area (Å²) in [6.45, 7) is 6.83. The highest BCUT2D eigenvalue weighted by molar-refractivity contribution is 5.78. The lowest BCUT2D eigenvalue weighted by Gasteiger charge is -2.23. The summed E-state index contributed by atoms with van der Waals surface area (Å²) in [5, 5.41) is 9.25. The first-order valence-electron chi connectivity index (χ1n) is 7.14. The molecule has 1 fully saturated rings. The maximum Gasteiger partial charge on any atom is 0.260 e. The van der Waals surface area contributed by atoms with Crippen molar-refractivity contribution in [3.63, 3.8) is 0 Å². The van der Waals surface area contributed by atoms with E-state index < -0.39 is 0 Å². The van der Waals surface area contributed by atoms with Crippen LogP contribution < -0.4 is 4.74 Å². The number of ether oxygens (including phenoxy) is 1. The van der Waals surface area contributed by atoms with Crippen LogP contribution in [0.3, 0.4) is 0 Å². The van der Waals surface area contributed by atoms with Crippen LogP contribution >= 0.6 is 0 Å². The largest absolute Gasteiger partial charge is 0.483 e. The second kappa shape index (κ2) is 6.27. The number of benzene rings is 1. The lowest BCUT2D eigenvalue weighted by atomic mass is 10.1. The van der Waals surface area contributed by atoms with Gasteiger partial charge in [-0.05, 0) is 44.7 Å². The first kappa shape index (κ1) is 14.9. The molecule has 20 heavy (non-hydrogen) atoms. The van der Waals surface area contributed by atoms with Gasteiger partial charge in [0.2, 0.25) is 0 Å². The van der Waals surface area contributed by atoms with E-state index in [4.69, 9.17) is 4.74 Å². The van der Waals surface area contributed by atoms with Crippen LogP contribution in [0.2, 0.25) is 0 Å². The maximum absolute atomic E-state index is 12.2. The summed E-state index contributed by atoms with van der Waals surface area (Å²) in [7, 11) is 0. The monoisotopic (exact) mass is 277 g/mol. The zero-order valence-corrected chi connectivity index (χ0v) is 12.5. The highest BCUT2D eigenvalue weighted by atomic mass is 16.5. The first-order valence-corrected chi connectivity index (χ1v) is 7.14. The van der Waals surface area contributed by atoms with Crippen LogP contribution in [0.25, 0.3) is 0 Å². The van der Waals surface area contributed by atoms with Crippen molar-refractivity contribution < 1.29 is 14.6 Å². The SMILES string of the molecule is Cc1cc(C)c(OCC(=O)N2CCC[C@@H]2CO)c(C)c1. The highest BCUT2D eigenvalue weighted by Crippen LogP contribution is 2.25. The van der Waals surface area contributed by atoms with Crippen LogP contribution in [0.1, 0.15) is 29.5 Å². The summed E-state index contributed by atoms with van der Waals surface area (Å²) in [5.41, 5.74) is 3.30. The van der Waals surface area contributed by atoms with Gasteiger partial charge < -0.3 is 14.7 Å². The molecular weight excluding hydrogens is 254 g/mol. The summed E-state index contributed by atoms with van der Waals surface area (Å²) in [6, 6.07) is 4.07. The normalized spacial score (nSPS) is 18.4. The van der Waals surface area contributed by atoms with Crippen molar-refractivity contribution in [3.05, 3.63) is 28.8 Å². The summed E-state index contributed by atoms with van der Waals surface area (Å²) >= 11 is 0. The fourth-order valence-corrected chi connectivity index (χ4v) is 2.97. The van der Waals surface area contributed by atoms with Gasteiger partial charge in [0, 0.05) is 6.54 Å². The Morgan fingerprint density at radius 1 is 1.35 bits per heavy atom. The van der Waals surface area contributed by atoms with Gasteiger partial charge in [-0.1, -0.05) is 17.7 Å². The Morgan fingerprint density at radius 3 is 2.60 bits per heavy atom. The van der Waals surface area contributed by atoms with E-state index in [9.17, 15) is 9.90 Å². The fraction of sp³-hybridized carbons (Fsp3) is 0.562. The molecule has 1 atom stereocenters. The molecule has 1 N–H and O–H groups in total. The van der Waals surface area contributed by atoms with Gasteiger partial charge in [0.05, 0.1) is 12.6 Å². The molecule has 4 nitrogen and oxygen atoms in total. The van der Waals surface area contributed by atoms with Crippen molar-refractivity contribution in [2.24, 2.45) is 0 Å². The minimum atomic E-state index is -0.0408. The van der Waals surface area contributed by atoms with Gasteiger partial charge in [-0.3, -0.25) is 4.79 Å². The predicted molar refractivity (Wildman–Crippen MR) is 78.0 cm³/mol.